The summed E-state index contributed by atoms with van der Waals surface area (Å²) in [5.74, 6) is 0.0184. The number of nitrogens with zero attached hydrogens (tertiary/aromatic N) is 3. The van der Waals surface area contributed by atoms with Crippen LogP contribution in [0.5, 0.6) is 0 Å². The quantitative estimate of drug-likeness (QED) is 0.836. The van der Waals surface area contributed by atoms with E-state index in [-0.39, 0.29) is 11.8 Å². The molecule has 0 spiro atoms. The van der Waals surface area contributed by atoms with E-state index in [1.54, 1.807) is 0 Å². The number of nitrogens with two attached hydrogens (primary N) is 1. The summed E-state index contributed by atoms with van der Waals surface area (Å²) in [4.78, 5) is 16.8. The van der Waals surface area contributed by atoms with Gasteiger partial charge in [0.05, 0.1) is 0 Å². The predicted octanol–water partition coefficient (Wildman–Crippen LogP) is 0.904. The number of halogens is 1. The Morgan fingerprint density at radius 3 is 2.08 bits per heavy atom. The summed E-state index contributed by atoms with van der Waals surface area (Å²) in [5, 5.41) is 5.85. The van der Waals surface area contributed by atoms with E-state index in [9.17, 15) is 13.2 Å². The summed E-state index contributed by atoms with van der Waals surface area (Å²) in [6, 6.07) is 7.72. The van der Waals surface area contributed by atoms with Crippen LogP contribution in [0.4, 0.5) is 5.69 Å². The molecule has 2 fully saturated rings. The smallest absolute Gasteiger partial charge is 0.276 e. The molecule has 0 aromatic heterocycles. The maximum atomic E-state index is 12.7. The molecule has 1 amide bonds. The van der Waals surface area contributed by atoms with E-state index in [0.717, 1.165) is 18.8 Å². The molecule has 3 rings (SSSR count). The second-order valence-electron chi connectivity index (χ2n) is 6.51. The number of piperazine rings is 1. The third-order valence-corrected chi connectivity index (χ3v) is 6.28. The van der Waals surface area contributed by atoms with Gasteiger partial charge in [-0.15, -0.1) is 0 Å². The van der Waals surface area contributed by atoms with Crippen LogP contribution >= 0.6 is 11.6 Å². The summed E-state index contributed by atoms with van der Waals surface area (Å²) in [6.07, 6.45) is 1.07. The zero-order valence-corrected chi connectivity index (χ0v) is 15.5. The van der Waals surface area contributed by atoms with Crippen molar-refractivity contribution in [3.63, 3.8) is 0 Å². The standard InChI is InChI=1S/C16H23ClN4O3S/c17-14-1-3-15(4-2-14)19-9-11-20(12-10-19)16(22)13-5-7-21(8-6-13)25(18,23)24/h1-4,13H,5-12H2,(H2,18,23,24). The zero-order chi connectivity index (χ0) is 18.0. The van der Waals surface area contributed by atoms with Crippen LogP contribution in [0, 0.1) is 5.92 Å². The van der Waals surface area contributed by atoms with Gasteiger partial charge in [-0.05, 0) is 37.1 Å². The van der Waals surface area contributed by atoms with Gasteiger partial charge >= 0.3 is 0 Å². The van der Waals surface area contributed by atoms with Crippen molar-refractivity contribution in [2.45, 2.75) is 12.8 Å². The van der Waals surface area contributed by atoms with E-state index < -0.39 is 10.2 Å². The number of piperidine rings is 1. The molecule has 2 aliphatic heterocycles. The topological polar surface area (TPSA) is 86.9 Å². The first-order chi connectivity index (χ1) is 11.8. The molecule has 0 atom stereocenters. The minimum Gasteiger partial charge on any atom is -0.368 e. The maximum Gasteiger partial charge on any atom is 0.276 e. The fourth-order valence-corrected chi connectivity index (χ4v) is 4.30. The molecule has 9 heteroatoms. The van der Waals surface area contributed by atoms with Gasteiger partial charge in [-0.3, -0.25) is 4.79 Å². The van der Waals surface area contributed by atoms with E-state index in [2.05, 4.69) is 4.90 Å². The molecule has 0 radical (unpaired) electrons. The lowest BCUT2D eigenvalue weighted by molar-refractivity contribution is -0.137. The molecule has 2 aliphatic rings. The van der Waals surface area contributed by atoms with E-state index in [4.69, 9.17) is 16.7 Å². The Kier molecular flexibility index (Phi) is 5.52. The lowest BCUT2D eigenvalue weighted by Crippen LogP contribution is -2.52. The molecule has 2 saturated heterocycles. The van der Waals surface area contributed by atoms with E-state index in [1.165, 1.54) is 4.31 Å². The molecule has 2 N–H and O–H groups in total. The Balaban J connectivity index is 1.51. The Morgan fingerprint density at radius 1 is 1.00 bits per heavy atom. The number of carbonyl (C=O) groups is 1. The van der Waals surface area contributed by atoms with Crippen LogP contribution in [0.15, 0.2) is 24.3 Å². The fraction of sp³-hybridized carbons (Fsp3) is 0.562. The van der Waals surface area contributed by atoms with Crippen LogP contribution in [-0.4, -0.2) is 62.8 Å². The molecule has 0 aliphatic carbocycles. The van der Waals surface area contributed by atoms with Gasteiger partial charge in [0.15, 0.2) is 0 Å². The highest BCUT2D eigenvalue weighted by molar-refractivity contribution is 7.86. The van der Waals surface area contributed by atoms with Crippen LogP contribution in [0.25, 0.3) is 0 Å². The molecule has 7 nitrogen and oxygen atoms in total. The van der Waals surface area contributed by atoms with Crippen LogP contribution < -0.4 is 10.0 Å². The highest BCUT2D eigenvalue weighted by Gasteiger charge is 2.32. The van der Waals surface area contributed by atoms with Gasteiger partial charge < -0.3 is 9.80 Å². The molecule has 0 unspecified atom stereocenters. The summed E-state index contributed by atoms with van der Waals surface area (Å²) >= 11 is 5.92. The van der Waals surface area contributed by atoms with Gasteiger partial charge in [-0.1, -0.05) is 11.6 Å². The number of rotatable bonds is 3. The first-order valence-electron chi connectivity index (χ1n) is 8.42. The van der Waals surface area contributed by atoms with Crippen molar-refractivity contribution in [1.29, 1.82) is 0 Å². The molecule has 0 bridgehead atoms. The van der Waals surface area contributed by atoms with Crippen molar-refractivity contribution >= 4 is 33.4 Å². The molecule has 1 aromatic carbocycles. The van der Waals surface area contributed by atoms with E-state index >= 15 is 0 Å². The van der Waals surface area contributed by atoms with Gasteiger partial charge in [0.25, 0.3) is 10.2 Å². The Bertz CT molecular complexity index is 709. The summed E-state index contributed by atoms with van der Waals surface area (Å²) in [7, 11) is -3.65. The number of hydrogen-bond donors (Lipinski definition) is 1. The first kappa shape index (κ1) is 18.4. The van der Waals surface area contributed by atoms with Crippen molar-refractivity contribution < 1.29 is 13.2 Å². The largest absolute Gasteiger partial charge is 0.368 e. The molecule has 0 saturated carbocycles. The number of carbonyl (C=O) groups excluding carboxylic acids is 1. The van der Waals surface area contributed by atoms with Gasteiger partial charge in [0.1, 0.15) is 0 Å². The Hall–Kier alpha value is -1.35. The van der Waals surface area contributed by atoms with Crippen molar-refractivity contribution in [1.82, 2.24) is 9.21 Å². The second kappa shape index (κ2) is 7.49. The molecule has 2 heterocycles. The number of hydrogen-bond acceptors (Lipinski definition) is 4. The Morgan fingerprint density at radius 2 is 1.56 bits per heavy atom. The third-order valence-electron chi connectivity index (χ3n) is 4.95. The second-order valence-corrected chi connectivity index (χ2v) is 8.49. The molecule has 1 aromatic rings. The molecule has 25 heavy (non-hydrogen) atoms. The van der Waals surface area contributed by atoms with Crippen LogP contribution in [0.1, 0.15) is 12.8 Å². The zero-order valence-electron chi connectivity index (χ0n) is 14.0. The first-order valence-corrected chi connectivity index (χ1v) is 10.3. The predicted molar refractivity (Wildman–Crippen MR) is 97.6 cm³/mol. The highest BCUT2D eigenvalue weighted by Crippen LogP contribution is 2.23. The van der Waals surface area contributed by atoms with Crippen molar-refractivity contribution in [2.24, 2.45) is 11.1 Å². The van der Waals surface area contributed by atoms with Crippen molar-refractivity contribution in [3.8, 4) is 0 Å². The fourth-order valence-electron chi connectivity index (χ4n) is 3.45. The average Bonchev–Trinajstić information content (AvgIpc) is 2.61. The lowest BCUT2D eigenvalue weighted by Gasteiger charge is -2.39. The Labute approximate surface area is 153 Å². The summed E-state index contributed by atoms with van der Waals surface area (Å²) in [6.45, 7) is 3.56. The lowest BCUT2D eigenvalue weighted by atomic mass is 9.96. The minimum absolute atomic E-state index is 0.111. The van der Waals surface area contributed by atoms with Crippen LogP contribution in [-0.2, 0) is 15.0 Å². The minimum atomic E-state index is -3.65. The molecular weight excluding hydrogens is 364 g/mol. The SMILES string of the molecule is NS(=O)(=O)N1CCC(C(=O)N2CCN(c3ccc(Cl)cc3)CC2)CC1. The summed E-state index contributed by atoms with van der Waals surface area (Å²) < 4.78 is 23.9. The average molecular weight is 387 g/mol. The van der Waals surface area contributed by atoms with E-state index in [1.807, 2.05) is 29.2 Å². The van der Waals surface area contributed by atoms with Gasteiger partial charge in [-0.2, -0.15) is 12.7 Å². The van der Waals surface area contributed by atoms with Crippen molar-refractivity contribution in [2.75, 3.05) is 44.2 Å². The van der Waals surface area contributed by atoms with E-state index in [0.29, 0.717) is 44.0 Å². The normalized spacial score (nSPS) is 20.7. The number of amides is 1. The number of benzene rings is 1. The van der Waals surface area contributed by atoms with Crippen LogP contribution in [0.3, 0.4) is 0 Å². The summed E-state index contributed by atoms with van der Waals surface area (Å²) in [5.41, 5.74) is 1.11. The number of anilines is 1. The third kappa shape index (κ3) is 4.44. The van der Waals surface area contributed by atoms with Gasteiger partial charge in [0.2, 0.25) is 5.91 Å². The van der Waals surface area contributed by atoms with Crippen molar-refractivity contribution in [3.05, 3.63) is 29.3 Å². The van der Waals surface area contributed by atoms with Gasteiger partial charge in [-0.25, -0.2) is 5.14 Å². The highest BCUT2D eigenvalue weighted by atomic mass is 35.5. The molecular formula is C16H23ClN4O3S. The molecule has 138 valence electrons. The maximum absolute atomic E-state index is 12.7. The monoisotopic (exact) mass is 386 g/mol. The van der Waals surface area contributed by atoms with Crippen LogP contribution in [0.2, 0.25) is 5.02 Å². The van der Waals surface area contributed by atoms with Gasteiger partial charge in [0, 0.05) is 55.9 Å².